The van der Waals surface area contributed by atoms with Gasteiger partial charge >= 0.3 is 0 Å². The Morgan fingerprint density at radius 1 is 1.05 bits per heavy atom. The van der Waals surface area contributed by atoms with Crippen molar-refractivity contribution in [1.82, 2.24) is 25.5 Å². The van der Waals surface area contributed by atoms with Gasteiger partial charge < -0.3 is 14.5 Å². The molecule has 3 heterocycles. The van der Waals surface area contributed by atoms with Gasteiger partial charge in [-0.1, -0.05) is 18.2 Å². The van der Waals surface area contributed by atoms with Crippen LogP contribution in [0.3, 0.4) is 0 Å². The summed E-state index contributed by atoms with van der Waals surface area (Å²) < 4.78 is 50.7. The predicted molar refractivity (Wildman–Crippen MR) is 135 cm³/mol. The third kappa shape index (κ3) is 5.43. The van der Waals surface area contributed by atoms with Gasteiger partial charge in [0, 0.05) is 24.8 Å². The van der Waals surface area contributed by atoms with Crippen molar-refractivity contribution in [3.05, 3.63) is 66.2 Å². The van der Waals surface area contributed by atoms with E-state index in [2.05, 4.69) is 25.5 Å². The van der Waals surface area contributed by atoms with Gasteiger partial charge in [-0.3, -0.25) is 4.98 Å². The van der Waals surface area contributed by atoms with E-state index in [0.29, 0.717) is 30.1 Å². The van der Waals surface area contributed by atoms with Crippen LogP contribution in [-0.4, -0.2) is 53.1 Å². The smallest absolute Gasteiger partial charge is 0.268 e. The Hall–Kier alpha value is -3.54. The van der Waals surface area contributed by atoms with Crippen molar-refractivity contribution in [1.29, 1.82) is 0 Å². The van der Waals surface area contributed by atoms with Crippen molar-refractivity contribution in [2.45, 2.75) is 43.0 Å². The zero-order chi connectivity index (χ0) is 26.0. The molecule has 1 aliphatic heterocycles. The third-order valence-electron chi connectivity index (χ3n) is 6.17. The Kier molecular flexibility index (Phi) is 7.09. The molecule has 37 heavy (non-hydrogen) atoms. The fourth-order valence-corrected chi connectivity index (χ4v) is 4.99. The van der Waals surface area contributed by atoms with Crippen molar-refractivity contribution < 1.29 is 22.0 Å². The van der Waals surface area contributed by atoms with Crippen LogP contribution in [0.1, 0.15) is 25.8 Å². The summed E-state index contributed by atoms with van der Waals surface area (Å²) in [5, 5.41) is 10.9. The summed E-state index contributed by atoms with van der Waals surface area (Å²) in [7, 11) is -3.37. The van der Waals surface area contributed by atoms with Crippen LogP contribution in [0.4, 0.5) is 4.39 Å². The van der Waals surface area contributed by atoms with Gasteiger partial charge in [0.2, 0.25) is 0 Å². The summed E-state index contributed by atoms with van der Waals surface area (Å²) in [4.78, 5) is 8.97. The van der Waals surface area contributed by atoms with Gasteiger partial charge in [-0.05, 0) is 50.1 Å². The van der Waals surface area contributed by atoms with E-state index in [-0.39, 0.29) is 28.3 Å². The normalized spacial score (nSPS) is 15.9. The molecular weight excluding hydrogens is 497 g/mol. The number of rotatable bonds is 8. The fraction of sp³-hybridized carbons (Fsp3) is 0.308. The number of ether oxygens (including phenoxy) is 1. The lowest BCUT2D eigenvalue weighted by atomic mass is 10.1. The second-order valence-corrected chi connectivity index (χ2v) is 11.6. The molecule has 0 radical (unpaired) electrons. The van der Waals surface area contributed by atoms with Gasteiger partial charge in [-0.25, -0.2) is 17.8 Å². The maximum atomic E-state index is 14.8. The SMILES string of the molecule is CC(C)S(=O)(=O)c1ccc(-c2cncc(-c3nnc(-c4ccc(CNC5CCOC5)cc4F)o3)n2)cc1. The average molecular weight is 524 g/mol. The first-order valence-corrected chi connectivity index (χ1v) is 13.5. The quantitative estimate of drug-likeness (QED) is 0.364. The highest BCUT2D eigenvalue weighted by atomic mass is 32.2. The summed E-state index contributed by atoms with van der Waals surface area (Å²) in [6, 6.07) is 11.6. The Morgan fingerprint density at radius 3 is 2.51 bits per heavy atom. The van der Waals surface area contributed by atoms with E-state index >= 15 is 0 Å². The predicted octanol–water partition coefficient (Wildman–Crippen LogP) is 4.06. The first kappa shape index (κ1) is 25.1. The van der Waals surface area contributed by atoms with Crippen LogP contribution in [0.5, 0.6) is 0 Å². The highest BCUT2D eigenvalue weighted by Gasteiger charge is 2.20. The van der Waals surface area contributed by atoms with Crippen LogP contribution in [-0.2, 0) is 21.1 Å². The molecule has 0 spiro atoms. The molecule has 1 aliphatic rings. The molecular formula is C26H26FN5O4S. The molecule has 4 aromatic rings. The van der Waals surface area contributed by atoms with Crippen LogP contribution < -0.4 is 5.32 Å². The molecule has 0 amide bonds. The molecule has 9 nitrogen and oxygen atoms in total. The number of aromatic nitrogens is 4. The number of nitrogens with zero attached hydrogens (tertiary/aromatic N) is 4. The van der Waals surface area contributed by atoms with Crippen LogP contribution in [0.15, 0.2) is 64.2 Å². The average Bonchev–Trinajstić information content (AvgIpc) is 3.60. The van der Waals surface area contributed by atoms with E-state index in [0.717, 1.165) is 18.6 Å². The van der Waals surface area contributed by atoms with E-state index in [1.54, 1.807) is 50.4 Å². The lowest BCUT2D eigenvalue weighted by molar-refractivity contribution is 0.190. The summed E-state index contributed by atoms with van der Waals surface area (Å²) in [5.74, 6) is -0.338. The molecule has 0 saturated carbocycles. The number of benzene rings is 2. The van der Waals surface area contributed by atoms with Gasteiger partial charge in [0.05, 0.1) is 40.4 Å². The molecule has 11 heteroatoms. The Labute approximate surface area is 214 Å². The van der Waals surface area contributed by atoms with Crippen LogP contribution in [0.25, 0.3) is 34.3 Å². The molecule has 1 atom stereocenters. The first-order chi connectivity index (χ1) is 17.8. The molecule has 1 saturated heterocycles. The Morgan fingerprint density at radius 2 is 1.81 bits per heavy atom. The van der Waals surface area contributed by atoms with Gasteiger partial charge in [0.15, 0.2) is 9.84 Å². The Bertz CT molecular complexity index is 1500. The summed E-state index contributed by atoms with van der Waals surface area (Å²) in [5.41, 5.74) is 2.49. The van der Waals surface area contributed by atoms with Gasteiger partial charge in [-0.2, -0.15) is 0 Å². The lowest BCUT2D eigenvalue weighted by Gasteiger charge is -2.10. The molecule has 2 aromatic carbocycles. The van der Waals surface area contributed by atoms with Gasteiger partial charge in [0.1, 0.15) is 11.5 Å². The van der Waals surface area contributed by atoms with Gasteiger partial charge in [-0.15, -0.1) is 10.2 Å². The monoisotopic (exact) mass is 523 g/mol. The number of sulfone groups is 1. The van der Waals surface area contributed by atoms with Gasteiger partial charge in [0.25, 0.3) is 11.8 Å². The minimum Gasteiger partial charge on any atom is -0.414 e. The topological polar surface area (TPSA) is 120 Å². The van der Waals surface area contributed by atoms with E-state index in [1.807, 2.05) is 6.07 Å². The summed E-state index contributed by atoms with van der Waals surface area (Å²) >= 11 is 0. The van der Waals surface area contributed by atoms with E-state index < -0.39 is 20.9 Å². The van der Waals surface area contributed by atoms with Crippen LogP contribution >= 0.6 is 0 Å². The Balaban J connectivity index is 1.33. The van der Waals surface area contributed by atoms with E-state index in [9.17, 15) is 12.8 Å². The minimum atomic E-state index is -3.37. The maximum absolute atomic E-state index is 14.8. The largest absolute Gasteiger partial charge is 0.414 e. The third-order valence-corrected chi connectivity index (χ3v) is 8.34. The van der Waals surface area contributed by atoms with E-state index in [1.165, 1.54) is 12.3 Å². The standard InChI is InChI=1S/C26H26FN5O4S/c1-16(2)37(33,34)20-6-4-18(5-7-20)23-13-28-14-24(30-23)26-32-31-25(36-26)21-8-3-17(11-22(21)27)12-29-19-9-10-35-15-19/h3-8,11,13-14,16,19,29H,9-10,12,15H2,1-2H3. The fourth-order valence-electron chi connectivity index (χ4n) is 3.93. The maximum Gasteiger partial charge on any atom is 0.268 e. The molecule has 5 rings (SSSR count). The van der Waals surface area contributed by atoms with Crippen molar-refractivity contribution >= 4 is 9.84 Å². The molecule has 192 valence electrons. The molecule has 0 bridgehead atoms. The second kappa shape index (κ2) is 10.4. The second-order valence-electron chi connectivity index (χ2n) is 9.08. The molecule has 1 unspecified atom stereocenters. The van der Waals surface area contributed by atoms with Crippen LogP contribution in [0.2, 0.25) is 0 Å². The molecule has 2 aromatic heterocycles. The first-order valence-electron chi connectivity index (χ1n) is 11.9. The van der Waals surface area contributed by atoms with Crippen molar-refractivity contribution in [2.24, 2.45) is 0 Å². The number of halogens is 1. The van der Waals surface area contributed by atoms with Crippen molar-refractivity contribution in [2.75, 3.05) is 13.2 Å². The molecule has 0 aliphatic carbocycles. The molecule has 1 N–H and O–H groups in total. The lowest BCUT2D eigenvalue weighted by Crippen LogP contribution is -2.28. The van der Waals surface area contributed by atoms with Crippen LogP contribution in [0, 0.1) is 5.82 Å². The number of nitrogens with one attached hydrogen (secondary N) is 1. The van der Waals surface area contributed by atoms with Crippen molar-refractivity contribution in [3.63, 3.8) is 0 Å². The zero-order valence-corrected chi connectivity index (χ0v) is 21.2. The van der Waals surface area contributed by atoms with E-state index in [4.69, 9.17) is 9.15 Å². The van der Waals surface area contributed by atoms with Crippen molar-refractivity contribution in [3.8, 4) is 34.3 Å². The molecule has 1 fully saturated rings. The minimum absolute atomic E-state index is 0.0339. The number of hydrogen-bond donors (Lipinski definition) is 1. The summed E-state index contributed by atoms with van der Waals surface area (Å²) in [6.07, 6.45) is 3.97. The summed E-state index contributed by atoms with van der Waals surface area (Å²) in [6.45, 7) is 5.23. The highest BCUT2D eigenvalue weighted by Crippen LogP contribution is 2.27. The zero-order valence-electron chi connectivity index (χ0n) is 20.4. The number of hydrogen-bond acceptors (Lipinski definition) is 9. The highest BCUT2D eigenvalue weighted by molar-refractivity contribution is 7.92.